The van der Waals surface area contributed by atoms with E-state index in [-0.39, 0.29) is 5.25 Å². The third-order valence-electron chi connectivity index (χ3n) is 5.29. The molecule has 2 saturated heterocycles. The number of rotatable bonds is 2. The molecule has 3 atom stereocenters. The quantitative estimate of drug-likeness (QED) is 0.838. The Hall–Kier alpha value is -0.130. The third kappa shape index (κ3) is 2.83. The molecule has 3 fully saturated rings. The van der Waals surface area contributed by atoms with E-state index in [1.54, 1.807) is 0 Å². The second kappa shape index (κ2) is 5.70. The summed E-state index contributed by atoms with van der Waals surface area (Å²) < 4.78 is 27.2. The Labute approximate surface area is 117 Å². The zero-order valence-electron chi connectivity index (χ0n) is 11.7. The van der Waals surface area contributed by atoms with Crippen molar-refractivity contribution < 1.29 is 8.42 Å². The molecule has 1 N–H and O–H groups in total. The molecule has 0 radical (unpaired) electrons. The Balaban J connectivity index is 1.67. The van der Waals surface area contributed by atoms with E-state index >= 15 is 0 Å². The molecule has 0 bridgehead atoms. The highest BCUT2D eigenvalue weighted by atomic mass is 32.2. The third-order valence-corrected chi connectivity index (χ3v) is 7.58. The van der Waals surface area contributed by atoms with Crippen molar-refractivity contribution >= 4 is 10.0 Å². The Morgan fingerprint density at radius 2 is 1.74 bits per heavy atom. The molecule has 3 rings (SSSR count). The standard InChI is InChI=1S/C14H26N2O2S/c17-19(18,14-6-3-8-15-10-14)16-9-7-12-4-1-2-5-13(12)11-16/h12-15H,1-11H2. The SMILES string of the molecule is O=S(=O)(C1CCCNC1)N1CCC2CCCCC2C1. The summed E-state index contributed by atoms with van der Waals surface area (Å²) in [5, 5.41) is 3.05. The Bertz CT molecular complexity index is 404. The van der Waals surface area contributed by atoms with Crippen LogP contribution in [-0.4, -0.2) is 44.2 Å². The molecule has 1 aliphatic carbocycles. The fourth-order valence-corrected chi connectivity index (χ4v) is 6.06. The van der Waals surface area contributed by atoms with Gasteiger partial charge in [-0.25, -0.2) is 12.7 Å². The topological polar surface area (TPSA) is 49.4 Å². The molecule has 0 aromatic rings. The van der Waals surface area contributed by atoms with E-state index in [2.05, 4.69) is 5.32 Å². The lowest BCUT2D eigenvalue weighted by Gasteiger charge is -2.42. The van der Waals surface area contributed by atoms with E-state index in [0.717, 1.165) is 44.8 Å². The number of hydrogen-bond acceptors (Lipinski definition) is 3. The average Bonchev–Trinajstić information content (AvgIpc) is 2.47. The second-order valence-corrected chi connectivity index (χ2v) is 8.68. The van der Waals surface area contributed by atoms with Gasteiger partial charge in [-0.3, -0.25) is 0 Å². The lowest BCUT2D eigenvalue weighted by atomic mass is 9.76. The zero-order valence-corrected chi connectivity index (χ0v) is 12.5. The monoisotopic (exact) mass is 286 g/mol. The molecule has 4 nitrogen and oxygen atoms in total. The first-order valence-corrected chi connectivity index (χ1v) is 9.38. The fraction of sp³-hybridized carbons (Fsp3) is 1.00. The van der Waals surface area contributed by atoms with Crippen LogP contribution in [0, 0.1) is 11.8 Å². The molecule has 2 aliphatic heterocycles. The first kappa shape index (κ1) is 13.8. The number of hydrogen-bond donors (Lipinski definition) is 1. The predicted octanol–water partition coefficient (Wildman–Crippen LogP) is 1.58. The van der Waals surface area contributed by atoms with Crippen molar-refractivity contribution in [3.8, 4) is 0 Å². The van der Waals surface area contributed by atoms with Crippen LogP contribution in [0.4, 0.5) is 0 Å². The Kier molecular flexibility index (Phi) is 4.15. The fourth-order valence-electron chi connectivity index (χ4n) is 4.08. The van der Waals surface area contributed by atoms with Gasteiger partial charge >= 0.3 is 0 Å². The van der Waals surface area contributed by atoms with Crippen molar-refractivity contribution in [3.63, 3.8) is 0 Å². The zero-order chi connectivity index (χ0) is 13.3. The van der Waals surface area contributed by atoms with Crippen molar-refractivity contribution in [1.82, 2.24) is 9.62 Å². The summed E-state index contributed by atoms with van der Waals surface area (Å²) in [4.78, 5) is 0. The van der Waals surface area contributed by atoms with Gasteiger partial charge in [-0.05, 0) is 44.1 Å². The average molecular weight is 286 g/mol. The molecule has 1 saturated carbocycles. The first-order chi connectivity index (χ1) is 9.18. The summed E-state index contributed by atoms with van der Waals surface area (Å²) in [6, 6.07) is 0. The molecule has 3 aliphatic rings. The summed E-state index contributed by atoms with van der Waals surface area (Å²) in [7, 11) is -3.06. The van der Waals surface area contributed by atoms with Gasteiger partial charge in [-0.15, -0.1) is 0 Å². The largest absolute Gasteiger partial charge is 0.315 e. The highest BCUT2D eigenvalue weighted by Crippen LogP contribution is 2.37. The van der Waals surface area contributed by atoms with Crippen LogP contribution in [-0.2, 0) is 10.0 Å². The van der Waals surface area contributed by atoms with Crippen LogP contribution in [0.2, 0.25) is 0 Å². The van der Waals surface area contributed by atoms with Gasteiger partial charge in [0.1, 0.15) is 0 Å². The van der Waals surface area contributed by atoms with Gasteiger partial charge in [-0.1, -0.05) is 19.3 Å². The number of nitrogens with zero attached hydrogens (tertiary/aromatic N) is 1. The maximum Gasteiger partial charge on any atom is 0.218 e. The number of sulfonamides is 1. The van der Waals surface area contributed by atoms with Gasteiger partial charge in [0, 0.05) is 19.6 Å². The van der Waals surface area contributed by atoms with Crippen molar-refractivity contribution in [2.75, 3.05) is 26.2 Å². The maximum atomic E-state index is 12.7. The van der Waals surface area contributed by atoms with Gasteiger partial charge in [0.25, 0.3) is 0 Å². The summed E-state index contributed by atoms with van der Waals surface area (Å²) in [6.45, 7) is 3.17. The Morgan fingerprint density at radius 1 is 0.947 bits per heavy atom. The molecule has 3 unspecified atom stereocenters. The molecular formula is C14H26N2O2S. The van der Waals surface area contributed by atoms with Crippen LogP contribution in [0.3, 0.4) is 0 Å². The minimum absolute atomic E-state index is 0.179. The van der Waals surface area contributed by atoms with E-state index in [9.17, 15) is 8.42 Å². The molecule has 5 heteroatoms. The van der Waals surface area contributed by atoms with Gasteiger partial charge < -0.3 is 5.32 Å². The molecule has 0 amide bonds. The number of nitrogens with one attached hydrogen (secondary N) is 1. The lowest BCUT2D eigenvalue weighted by Crippen LogP contribution is -2.51. The molecule has 2 heterocycles. The van der Waals surface area contributed by atoms with Crippen LogP contribution < -0.4 is 5.32 Å². The van der Waals surface area contributed by atoms with Gasteiger partial charge in [0.05, 0.1) is 5.25 Å². The van der Waals surface area contributed by atoms with Crippen LogP contribution in [0.1, 0.15) is 44.9 Å². The van der Waals surface area contributed by atoms with Crippen LogP contribution >= 0.6 is 0 Å². The van der Waals surface area contributed by atoms with Crippen LogP contribution in [0.5, 0.6) is 0 Å². The normalized spacial score (nSPS) is 37.8. The Morgan fingerprint density at radius 3 is 2.47 bits per heavy atom. The maximum absolute atomic E-state index is 12.7. The lowest BCUT2D eigenvalue weighted by molar-refractivity contribution is 0.135. The summed E-state index contributed by atoms with van der Waals surface area (Å²) in [5.74, 6) is 1.43. The number of fused-ring (bicyclic) bond motifs is 1. The van der Waals surface area contributed by atoms with Crippen molar-refractivity contribution in [2.24, 2.45) is 11.8 Å². The van der Waals surface area contributed by atoms with E-state index in [1.165, 1.54) is 25.7 Å². The first-order valence-electron chi connectivity index (χ1n) is 7.87. The van der Waals surface area contributed by atoms with E-state index in [4.69, 9.17) is 0 Å². The summed E-state index contributed by atoms with van der Waals surface area (Å²) in [5.41, 5.74) is 0. The van der Waals surface area contributed by atoms with Crippen LogP contribution in [0.25, 0.3) is 0 Å². The van der Waals surface area contributed by atoms with E-state index < -0.39 is 10.0 Å². The molecule has 0 spiro atoms. The minimum Gasteiger partial charge on any atom is -0.315 e. The van der Waals surface area contributed by atoms with E-state index in [0.29, 0.717) is 12.5 Å². The molecular weight excluding hydrogens is 260 g/mol. The van der Waals surface area contributed by atoms with Crippen molar-refractivity contribution in [2.45, 2.75) is 50.2 Å². The molecule has 110 valence electrons. The van der Waals surface area contributed by atoms with Crippen molar-refractivity contribution in [3.05, 3.63) is 0 Å². The highest BCUT2D eigenvalue weighted by molar-refractivity contribution is 7.89. The summed E-state index contributed by atoms with van der Waals surface area (Å²) >= 11 is 0. The smallest absolute Gasteiger partial charge is 0.218 e. The number of piperidine rings is 2. The summed E-state index contributed by atoms with van der Waals surface area (Å²) in [6.07, 6.45) is 8.11. The van der Waals surface area contributed by atoms with E-state index in [1.807, 2.05) is 4.31 Å². The molecule has 19 heavy (non-hydrogen) atoms. The second-order valence-electron chi connectivity index (χ2n) is 6.46. The molecule has 0 aromatic carbocycles. The van der Waals surface area contributed by atoms with Gasteiger partial charge in [-0.2, -0.15) is 0 Å². The van der Waals surface area contributed by atoms with Crippen molar-refractivity contribution in [1.29, 1.82) is 0 Å². The molecule has 0 aromatic heterocycles. The van der Waals surface area contributed by atoms with Gasteiger partial charge in [0.15, 0.2) is 0 Å². The van der Waals surface area contributed by atoms with Crippen LogP contribution in [0.15, 0.2) is 0 Å². The minimum atomic E-state index is -3.06. The highest BCUT2D eigenvalue weighted by Gasteiger charge is 2.39. The van der Waals surface area contributed by atoms with Gasteiger partial charge in [0.2, 0.25) is 10.0 Å². The predicted molar refractivity (Wildman–Crippen MR) is 76.4 cm³/mol.